The number of hydrogen-bond acceptors (Lipinski definition) is 2. The second-order valence-electron chi connectivity index (χ2n) is 32.9. The van der Waals surface area contributed by atoms with Gasteiger partial charge in [-0.25, -0.2) is 0 Å². The van der Waals surface area contributed by atoms with E-state index in [0.29, 0.717) is 5.69 Å². The zero-order valence-electron chi connectivity index (χ0n) is 72.1. The number of nitrogens with zero attached hydrogens (tertiary/aromatic N) is 3. The fourth-order valence-corrected chi connectivity index (χ4v) is 18.6. The molecule has 22 rings (SSSR count). The van der Waals surface area contributed by atoms with Gasteiger partial charge >= 0.3 is 0 Å². The molecular formula is C110H80BN3. The molecule has 0 unspecified atom stereocenters. The normalized spacial score (nSPS) is 13.8. The van der Waals surface area contributed by atoms with Gasteiger partial charge in [-0.15, -0.1) is 0 Å². The van der Waals surface area contributed by atoms with Gasteiger partial charge in [-0.2, -0.15) is 0 Å². The first-order valence-corrected chi connectivity index (χ1v) is 39.5. The largest absolute Gasteiger partial charge is 0.310 e. The highest BCUT2D eigenvalue weighted by Crippen LogP contribution is 2.56. The van der Waals surface area contributed by atoms with Crippen LogP contribution >= 0.6 is 0 Å². The Labute approximate surface area is 676 Å². The van der Waals surface area contributed by atoms with Crippen molar-refractivity contribution in [3.05, 3.63) is 387 Å². The molecule has 538 valence electrons. The van der Waals surface area contributed by atoms with E-state index < -0.39 is 48.4 Å². The first-order valence-electron chi connectivity index (χ1n) is 43.5. The summed E-state index contributed by atoms with van der Waals surface area (Å²) in [4.78, 5) is 5.11. The summed E-state index contributed by atoms with van der Waals surface area (Å²) in [5.74, 6) is 0. The Morgan fingerprint density at radius 2 is 0.649 bits per heavy atom. The monoisotopic (exact) mass is 1460 g/mol. The topological polar surface area (TPSA) is 11.4 Å². The summed E-state index contributed by atoms with van der Waals surface area (Å²) in [6.45, 7) is 13.3. The van der Waals surface area contributed by atoms with E-state index in [0.717, 1.165) is 171 Å². The van der Waals surface area contributed by atoms with Crippen LogP contribution in [0.15, 0.2) is 376 Å². The Morgan fingerprint density at radius 3 is 1.17 bits per heavy atom. The molecule has 3 heterocycles. The molecule has 2 aliphatic rings. The molecule has 114 heavy (non-hydrogen) atoms. The van der Waals surface area contributed by atoms with E-state index in [9.17, 15) is 11.0 Å². The molecule has 19 aromatic carbocycles. The molecule has 4 heteroatoms. The van der Waals surface area contributed by atoms with Crippen molar-refractivity contribution in [1.82, 2.24) is 4.57 Å². The number of benzene rings is 19. The Balaban J connectivity index is 0.921. The van der Waals surface area contributed by atoms with Gasteiger partial charge in [0.05, 0.1) is 33.4 Å². The van der Waals surface area contributed by atoms with Gasteiger partial charge in [-0.05, 0) is 226 Å². The SMILES string of the molecule is [2H]c1c([2H])c([2H])c2c(c1[2H])c1c([2H])c([2H])c([2H])c([2H])c1n2-c1ccc2c(c1)N(c1c(-c3ccc4c(ccc5ccccc54)c3)cccc1-c1ccc3c(ccc4ccccc43)c1)c1cc(C(C)(C)C)cc3c1B2c1cc(-c2ccccc2)ccc1N3c1c(-c2cccc(-c3ccccc3)c2)cc(C(C)(C)C)cc1-c1ccc2c(ccc3ccccc32)c1. The van der Waals surface area contributed by atoms with Gasteiger partial charge in [0.15, 0.2) is 0 Å². The number of fused-ring (bicyclic) bond motifs is 16. The van der Waals surface area contributed by atoms with Crippen LogP contribution in [0.1, 0.15) is 63.6 Å². The number of anilines is 6. The lowest BCUT2D eigenvalue weighted by Gasteiger charge is -2.46. The summed E-state index contributed by atoms with van der Waals surface area (Å²) in [5, 5.41) is 13.7. The van der Waals surface area contributed by atoms with Crippen molar-refractivity contribution in [2.45, 2.75) is 52.4 Å². The van der Waals surface area contributed by atoms with Crippen LogP contribution in [0.5, 0.6) is 0 Å². The highest BCUT2D eigenvalue weighted by atomic mass is 15.2. The summed E-state index contributed by atoms with van der Waals surface area (Å²) >= 11 is 0. The van der Waals surface area contributed by atoms with Gasteiger partial charge in [-0.1, -0.05) is 339 Å². The van der Waals surface area contributed by atoms with E-state index >= 15 is 0 Å². The third kappa shape index (κ3) is 10.8. The zero-order valence-corrected chi connectivity index (χ0v) is 64.1. The fourth-order valence-electron chi connectivity index (χ4n) is 18.6. The molecule has 0 N–H and O–H groups in total. The molecular weight excluding hydrogens is 1370 g/mol. The summed E-state index contributed by atoms with van der Waals surface area (Å²) < 4.78 is 78.3. The molecule has 0 bridgehead atoms. The van der Waals surface area contributed by atoms with E-state index in [1.807, 2.05) is 6.07 Å². The number of aromatic nitrogens is 1. The van der Waals surface area contributed by atoms with E-state index in [4.69, 9.17) is 0 Å². The lowest BCUT2D eigenvalue weighted by Crippen LogP contribution is -2.61. The van der Waals surface area contributed by atoms with Gasteiger partial charge in [0.2, 0.25) is 0 Å². The van der Waals surface area contributed by atoms with E-state index in [-0.39, 0.29) is 39.3 Å². The van der Waals surface area contributed by atoms with Crippen LogP contribution in [-0.2, 0) is 10.8 Å². The van der Waals surface area contributed by atoms with Crippen LogP contribution in [-0.4, -0.2) is 11.3 Å². The first-order chi connectivity index (χ1) is 59.1. The second-order valence-corrected chi connectivity index (χ2v) is 32.9. The lowest BCUT2D eigenvalue weighted by atomic mass is 9.33. The van der Waals surface area contributed by atoms with Gasteiger partial charge in [0.25, 0.3) is 6.71 Å². The summed E-state index contributed by atoms with van der Waals surface area (Å²) in [5.41, 5.74) is 22.7. The van der Waals surface area contributed by atoms with E-state index in [1.165, 1.54) is 21.7 Å². The van der Waals surface area contributed by atoms with Crippen molar-refractivity contribution in [3.63, 3.8) is 0 Å². The predicted molar refractivity (Wildman–Crippen MR) is 490 cm³/mol. The Kier molecular flexibility index (Phi) is 13.4. The average molecular weight is 1460 g/mol. The molecule has 0 saturated carbocycles. The van der Waals surface area contributed by atoms with Crippen molar-refractivity contribution in [2.24, 2.45) is 0 Å². The Hall–Kier alpha value is -13.8. The minimum atomic E-state index is -0.536. The first kappa shape index (κ1) is 59.1. The summed E-state index contributed by atoms with van der Waals surface area (Å²) in [6, 6.07) is 117. The average Bonchev–Trinajstić information content (AvgIpc) is 0.728. The molecule has 1 aromatic heterocycles. The highest BCUT2D eigenvalue weighted by Gasteiger charge is 2.46. The highest BCUT2D eigenvalue weighted by molar-refractivity contribution is 7.00. The zero-order chi connectivity index (χ0) is 83.2. The second kappa shape index (κ2) is 25.9. The lowest BCUT2D eigenvalue weighted by molar-refractivity contribution is 0.590. The molecule has 0 amide bonds. The molecule has 0 aliphatic carbocycles. The molecule has 2 aliphatic heterocycles. The van der Waals surface area contributed by atoms with Crippen LogP contribution in [0.2, 0.25) is 0 Å². The number of hydrogen-bond donors (Lipinski definition) is 0. The van der Waals surface area contributed by atoms with E-state index in [1.54, 1.807) is 4.57 Å². The maximum absolute atomic E-state index is 10.00. The minimum absolute atomic E-state index is 0.00571. The maximum atomic E-state index is 10.00. The van der Waals surface area contributed by atoms with E-state index in [2.05, 4.69) is 373 Å². The molecule has 0 saturated heterocycles. The minimum Gasteiger partial charge on any atom is -0.310 e. The molecule has 3 nitrogen and oxygen atoms in total. The van der Waals surface area contributed by atoms with Gasteiger partial charge in [-0.3, -0.25) is 0 Å². The standard InChI is InChI=1S/C110H80BN3/c1-109(2,3)83-64-96(76-33-23-32-74(59-76)69-25-9-7-10-26-69)108(97(65-83)82-51-56-91-79(62-82)48-45-73-31-15-18-36-88(73)91)113-102-58-52-75(70-27-11-8-12-28-70)63-99(102)111-98-57-53-85(112-100-41-21-19-37-94(100)95-38-20-22-42-101(95)112)68-103(98)114(105-67-84(110(4,5)6)66-104(113)106(105)111)107-92(80-49-54-89-77(60-80)46-43-71-29-13-16-34-86(71)89)39-24-40-93(107)81-50-55-90-78(61-81)47-44-72-30-14-17-35-87(72)90/h7-68H,1-6H3/i19D,20D,21D,22D,37D,38D,41D,42D. The molecule has 0 spiro atoms. The maximum Gasteiger partial charge on any atom is 0.252 e. The predicted octanol–water partition coefficient (Wildman–Crippen LogP) is 28.4. The van der Waals surface area contributed by atoms with Crippen LogP contribution in [0.4, 0.5) is 34.1 Å². The summed E-state index contributed by atoms with van der Waals surface area (Å²) in [6.07, 6.45) is 0. The van der Waals surface area contributed by atoms with Crippen molar-refractivity contribution < 1.29 is 11.0 Å². The van der Waals surface area contributed by atoms with Gasteiger partial charge in [0.1, 0.15) is 0 Å². The third-order valence-corrected chi connectivity index (χ3v) is 24.2. The van der Waals surface area contributed by atoms with Crippen molar-refractivity contribution in [3.8, 4) is 72.4 Å². The number of para-hydroxylation sites is 3. The number of rotatable bonds is 9. The van der Waals surface area contributed by atoms with Crippen LogP contribution < -0.4 is 26.2 Å². The van der Waals surface area contributed by atoms with Gasteiger partial charge in [0, 0.05) is 61.5 Å². The van der Waals surface area contributed by atoms with Crippen molar-refractivity contribution in [2.75, 3.05) is 9.80 Å². The molecule has 0 radical (unpaired) electrons. The quantitative estimate of drug-likeness (QED) is 0.105. The fraction of sp³-hybridized carbons (Fsp3) is 0.0727. The van der Waals surface area contributed by atoms with Crippen molar-refractivity contribution >= 4 is 144 Å². The molecule has 0 atom stereocenters. The van der Waals surface area contributed by atoms with Crippen LogP contribution in [0, 0.1) is 0 Å². The van der Waals surface area contributed by atoms with Crippen LogP contribution in [0.3, 0.4) is 0 Å². The Bertz CT molecular complexity index is 7700. The van der Waals surface area contributed by atoms with Crippen molar-refractivity contribution in [1.29, 1.82) is 0 Å². The summed E-state index contributed by atoms with van der Waals surface area (Å²) in [7, 11) is 0. The molecule has 0 fully saturated rings. The smallest absolute Gasteiger partial charge is 0.252 e. The Morgan fingerprint density at radius 1 is 0.254 bits per heavy atom. The van der Waals surface area contributed by atoms with Gasteiger partial charge < -0.3 is 14.4 Å². The van der Waals surface area contributed by atoms with Crippen LogP contribution in [0.25, 0.3) is 159 Å². The third-order valence-electron chi connectivity index (χ3n) is 24.2. The molecule has 20 aromatic rings.